The summed E-state index contributed by atoms with van der Waals surface area (Å²) in [5.74, 6) is 0. The van der Waals surface area contributed by atoms with Crippen LogP contribution in [0.15, 0.2) is 12.1 Å². The highest BCUT2D eigenvalue weighted by Crippen LogP contribution is 2.18. The Bertz CT molecular complexity index is 357. The van der Waals surface area contributed by atoms with E-state index in [2.05, 4.69) is 30.0 Å². The summed E-state index contributed by atoms with van der Waals surface area (Å²) < 4.78 is 5.10. The number of aryl methyl sites for hydroxylation is 1. The van der Waals surface area contributed by atoms with E-state index in [-0.39, 0.29) is 0 Å². The molecule has 1 rings (SSSR count). The first-order chi connectivity index (χ1) is 8.30. The molecule has 0 N–H and O–H groups in total. The molecule has 0 radical (unpaired) electrons. The summed E-state index contributed by atoms with van der Waals surface area (Å²) in [6.07, 6.45) is 1.68. The Kier molecular flexibility index (Phi) is 6.87. The van der Waals surface area contributed by atoms with Gasteiger partial charge in [-0.2, -0.15) is 5.26 Å². The van der Waals surface area contributed by atoms with Gasteiger partial charge < -0.3 is 4.74 Å². The molecule has 0 saturated carbocycles. The third kappa shape index (κ3) is 5.31. The van der Waals surface area contributed by atoms with Crippen molar-refractivity contribution in [2.24, 2.45) is 0 Å². The van der Waals surface area contributed by atoms with Gasteiger partial charge in [0.1, 0.15) is 0 Å². The van der Waals surface area contributed by atoms with Gasteiger partial charge in [0.25, 0.3) is 0 Å². The maximum atomic E-state index is 8.64. The highest BCUT2D eigenvalue weighted by atomic mass is 32.1. The van der Waals surface area contributed by atoms with E-state index in [0.29, 0.717) is 6.42 Å². The Labute approximate surface area is 108 Å². The predicted octanol–water partition coefficient (Wildman–Crippen LogP) is 2.67. The molecule has 17 heavy (non-hydrogen) atoms. The van der Waals surface area contributed by atoms with Crippen molar-refractivity contribution in [1.82, 2.24) is 4.90 Å². The maximum absolute atomic E-state index is 8.64. The van der Waals surface area contributed by atoms with Gasteiger partial charge >= 0.3 is 0 Å². The van der Waals surface area contributed by atoms with E-state index in [1.807, 2.05) is 11.3 Å². The average Bonchev–Trinajstić information content (AvgIpc) is 2.80. The highest BCUT2D eigenvalue weighted by molar-refractivity contribution is 7.11. The lowest BCUT2D eigenvalue weighted by molar-refractivity contribution is 0.146. The molecule has 0 atom stereocenters. The molecular formula is C13H20N2OS. The van der Waals surface area contributed by atoms with Gasteiger partial charge in [0.2, 0.25) is 0 Å². The fourth-order valence-corrected chi connectivity index (χ4v) is 2.62. The highest BCUT2D eigenvalue weighted by Gasteiger charge is 2.07. The van der Waals surface area contributed by atoms with Gasteiger partial charge in [-0.05, 0) is 18.6 Å². The minimum Gasteiger partial charge on any atom is -0.383 e. The molecule has 1 aromatic rings. The zero-order valence-electron chi connectivity index (χ0n) is 10.6. The van der Waals surface area contributed by atoms with Crippen molar-refractivity contribution < 1.29 is 4.74 Å². The van der Waals surface area contributed by atoms with Crippen LogP contribution in [0.25, 0.3) is 0 Å². The zero-order chi connectivity index (χ0) is 12.5. The Morgan fingerprint density at radius 2 is 2.12 bits per heavy atom. The number of ether oxygens (including phenoxy) is 1. The van der Waals surface area contributed by atoms with Crippen LogP contribution in [0.1, 0.15) is 23.1 Å². The Hall–Kier alpha value is -0.890. The van der Waals surface area contributed by atoms with Gasteiger partial charge in [-0.3, -0.25) is 4.90 Å². The second kappa shape index (κ2) is 8.24. The first kappa shape index (κ1) is 14.2. The van der Waals surface area contributed by atoms with Gasteiger partial charge in [-0.15, -0.1) is 11.3 Å². The lowest BCUT2D eigenvalue weighted by atomic mass is 10.3. The number of nitriles is 1. The van der Waals surface area contributed by atoms with Gasteiger partial charge in [0, 0.05) is 42.9 Å². The van der Waals surface area contributed by atoms with Crippen molar-refractivity contribution in [1.29, 1.82) is 5.26 Å². The lowest BCUT2D eigenvalue weighted by Crippen LogP contribution is -2.27. The second-order valence-corrected chi connectivity index (χ2v) is 5.15. The van der Waals surface area contributed by atoms with E-state index in [1.165, 1.54) is 9.75 Å². The van der Waals surface area contributed by atoms with Crippen LogP contribution in [-0.4, -0.2) is 31.7 Å². The molecule has 0 unspecified atom stereocenters. The molecule has 0 bridgehead atoms. The number of hydrogen-bond acceptors (Lipinski definition) is 4. The molecule has 0 amide bonds. The molecule has 0 saturated heterocycles. The first-order valence-electron chi connectivity index (χ1n) is 5.96. The summed E-state index contributed by atoms with van der Waals surface area (Å²) in [7, 11) is 1.71. The van der Waals surface area contributed by atoms with Crippen molar-refractivity contribution in [3.63, 3.8) is 0 Å². The standard InChI is InChI=1S/C13H20N2OS/c1-3-12-5-6-13(17-12)11-15(8-4-7-14)9-10-16-2/h5-6H,3-4,8-11H2,1-2H3. The third-order valence-electron chi connectivity index (χ3n) is 2.60. The number of rotatable bonds is 8. The molecule has 0 fully saturated rings. The number of hydrogen-bond donors (Lipinski definition) is 0. The number of thiophene rings is 1. The average molecular weight is 252 g/mol. The van der Waals surface area contributed by atoms with Crippen LogP contribution in [0.4, 0.5) is 0 Å². The van der Waals surface area contributed by atoms with Crippen LogP contribution in [0.2, 0.25) is 0 Å². The molecule has 0 aliphatic heterocycles. The Balaban J connectivity index is 2.48. The summed E-state index contributed by atoms with van der Waals surface area (Å²) in [5.41, 5.74) is 0. The van der Waals surface area contributed by atoms with Crippen molar-refractivity contribution in [2.45, 2.75) is 26.3 Å². The van der Waals surface area contributed by atoms with Crippen LogP contribution in [0.3, 0.4) is 0 Å². The molecule has 0 aromatic carbocycles. The largest absolute Gasteiger partial charge is 0.383 e. The van der Waals surface area contributed by atoms with Gasteiger partial charge in [-0.1, -0.05) is 6.92 Å². The van der Waals surface area contributed by atoms with Gasteiger partial charge in [0.15, 0.2) is 0 Å². The molecule has 0 spiro atoms. The first-order valence-corrected chi connectivity index (χ1v) is 6.77. The summed E-state index contributed by atoms with van der Waals surface area (Å²) in [5, 5.41) is 8.64. The normalized spacial score (nSPS) is 10.7. The fourth-order valence-electron chi connectivity index (χ4n) is 1.62. The Morgan fingerprint density at radius 3 is 2.71 bits per heavy atom. The quantitative estimate of drug-likeness (QED) is 0.713. The summed E-state index contributed by atoms with van der Waals surface area (Å²) in [6.45, 7) is 5.53. The molecule has 1 aromatic heterocycles. The van der Waals surface area contributed by atoms with Crippen molar-refractivity contribution in [3.8, 4) is 6.07 Å². The van der Waals surface area contributed by atoms with Crippen LogP contribution < -0.4 is 0 Å². The monoisotopic (exact) mass is 252 g/mol. The Morgan fingerprint density at radius 1 is 1.35 bits per heavy atom. The lowest BCUT2D eigenvalue weighted by Gasteiger charge is -2.19. The molecule has 0 aliphatic rings. The minimum absolute atomic E-state index is 0.579. The van der Waals surface area contributed by atoms with E-state index in [4.69, 9.17) is 10.00 Å². The van der Waals surface area contributed by atoms with Crippen LogP contribution >= 0.6 is 11.3 Å². The van der Waals surface area contributed by atoms with Crippen LogP contribution in [-0.2, 0) is 17.7 Å². The minimum atomic E-state index is 0.579. The van der Waals surface area contributed by atoms with E-state index in [9.17, 15) is 0 Å². The van der Waals surface area contributed by atoms with Gasteiger partial charge in [0.05, 0.1) is 12.7 Å². The summed E-state index contributed by atoms with van der Waals surface area (Å²) in [6, 6.07) is 6.58. The fraction of sp³-hybridized carbons (Fsp3) is 0.615. The van der Waals surface area contributed by atoms with Crippen LogP contribution in [0.5, 0.6) is 0 Å². The van der Waals surface area contributed by atoms with E-state index in [1.54, 1.807) is 7.11 Å². The third-order valence-corrected chi connectivity index (χ3v) is 3.81. The van der Waals surface area contributed by atoms with Crippen molar-refractivity contribution in [3.05, 3.63) is 21.9 Å². The van der Waals surface area contributed by atoms with E-state index < -0.39 is 0 Å². The molecule has 3 nitrogen and oxygen atoms in total. The predicted molar refractivity (Wildman–Crippen MR) is 71.1 cm³/mol. The van der Waals surface area contributed by atoms with E-state index >= 15 is 0 Å². The van der Waals surface area contributed by atoms with Crippen molar-refractivity contribution >= 4 is 11.3 Å². The number of methoxy groups -OCH3 is 1. The van der Waals surface area contributed by atoms with Crippen molar-refractivity contribution in [2.75, 3.05) is 26.8 Å². The molecule has 94 valence electrons. The van der Waals surface area contributed by atoms with Crippen LogP contribution in [0, 0.1) is 11.3 Å². The smallest absolute Gasteiger partial charge is 0.0635 e. The molecule has 4 heteroatoms. The molecule has 0 aliphatic carbocycles. The molecule has 1 heterocycles. The maximum Gasteiger partial charge on any atom is 0.0635 e. The van der Waals surface area contributed by atoms with Gasteiger partial charge in [-0.25, -0.2) is 0 Å². The molecular weight excluding hydrogens is 232 g/mol. The SMILES string of the molecule is CCc1ccc(CN(CCC#N)CCOC)s1. The zero-order valence-corrected chi connectivity index (χ0v) is 11.4. The second-order valence-electron chi connectivity index (χ2n) is 3.90. The van der Waals surface area contributed by atoms with E-state index in [0.717, 1.165) is 32.7 Å². The summed E-state index contributed by atoms with van der Waals surface area (Å²) >= 11 is 1.86. The topological polar surface area (TPSA) is 36.3 Å². The number of nitrogens with zero attached hydrogens (tertiary/aromatic N) is 2. The summed E-state index contributed by atoms with van der Waals surface area (Å²) in [4.78, 5) is 5.07.